The van der Waals surface area contributed by atoms with Gasteiger partial charge >= 0.3 is 0 Å². The van der Waals surface area contributed by atoms with Crippen molar-refractivity contribution in [1.29, 1.82) is 0 Å². The molecule has 0 aromatic heterocycles. The number of carbonyl (C=O) groups excluding carboxylic acids is 1. The molecule has 0 fully saturated rings. The van der Waals surface area contributed by atoms with Crippen LogP contribution in [0.25, 0.3) is 4.72 Å². The van der Waals surface area contributed by atoms with Crippen LogP contribution in [0.5, 0.6) is 11.5 Å². The lowest BCUT2D eigenvalue weighted by Gasteiger charge is -2.22. The minimum Gasteiger partial charge on any atom is -0.573 e. The van der Waals surface area contributed by atoms with E-state index in [1.54, 1.807) is 18.2 Å². The Morgan fingerprint density at radius 1 is 0.900 bits per heavy atom. The van der Waals surface area contributed by atoms with Crippen LogP contribution >= 0.6 is 23.2 Å². The lowest BCUT2D eigenvalue weighted by atomic mass is 10.2. The molecule has 0 bridgehead atoms. The topological polar surface area (TPSA) is 95.8 Å². The number of ether oxygens (including phenoxy) is 2. The molecule has 1 N–H and O–H groups in total. The minimum atomic E-state index is -3.97. The maximum atomic E-state index is 12.5. The average molecular weight is 464 g/mol. The second-order valence-electron chi connectivity index (χ2n) is 6.21. The fourth-order valence-electron chi connectivity index (χ4n) is 2.68. The highest BCUT2D eigenvalue weighted by Crippen LogP contribution is 2.34. The first-order valence-corrected chi connectivity index (χ1v) is 10.8. The van der Waals surface area contributed by atoms with Crippen molar-refractivity contribution in [1.82, 2.24) is 0 Å². The van der Waals surface area contributed by atoms with Gasteiger partial charge in [-0.2, -0.15) is 0 Å². The van der Waals surface area contributed by atoms with Crippen molar-refractivity contribution in [2.24, 2.45) is 0 Å². The number of sulfonamides is 1. The van der Waals surface area contributed by atoms with Crippen molar-refractivity contribution >= 4 is 50.5 Å². The third kappa shape index (κ3) is 4.30. The second kappa shape index (κ2) is 8.06. The van der Waals surface area contributed by atoms with E-state index in [9.17, 15) is 13.2 Å². The number of hydrogen-bond acceptors (Lipinski definition) is 5. The molecule has 1 aliphatic rings. The van der Waals surface area contributed by atoms with E-state index < -0.39 is 10.0 Å². The Labute approximate surface area is 182 Å². The zero-order valence-electron chi connectivity index (χ0n) is 15.1. The first-order valence-electron chi connectivity index (χ1n) is 8.56. The van der Waals surface area contributed by atoms with Crippen LogP contribution in [0, 0.1) is 0 Å². The van der Waals surface area contributed by atoms with Gasteiger partial charge in [0.25, 0.3) is 5.91 Å². The van der Waals surface area contributed by atoms with Crippen LogP contribution in [0.2, 0.25) is 10.0 Å². The fraction of sp³-hybridized carbons (Fsp3) is 0.0500. The summed E-state index contributed by atoms with van der Waals surface area (Å²) in [5, 5.41) is 3.20. The van der Waals surface area contributed by atoms with Crippen molar-refractivity contribution in [2.75, 3.05) is 12.1 Å². The first-order chi connectivity index (χ1) is 14.3. The second-order valence-corrected chi connectivity index (χ2v) is 8.63. The Hall–Kier alpha value is -2.94. The molecule has 0 spiro atoms. The van der Waals surface area contributed by atoms with Gasteiger partial charge in [-0.1, -0.05) is 35.3 Å². The van der Waals surface area contributed by atoms with Crippen LogP contribution in [0.4, 0.5) is 11.4 Å². The van der Waals surface area contributed by atoms with Crippen molar-refractivity contribution < 1.29 is 22.7 Å². The summed E-state index contributed by atoms with van der Waals surface area (Å²) in [6.07, 6.45) is 0. The van der Waals surface area contributed by atoms with Crippen LogP contribution in [-0.2, 0) is 10.0 Å². The number of nitrogens with zero attached hydrogens (tertiary/aromatic N) is 1. The predicted molar refractivity (Wildman–Crippen MR) is 114 cm³/mol. The number of halogens is 2. The molecule has 3 aromatic rings. The number of fused-ring (bicyclic) bond motifs is 1. The number of hydrogen-bond donors (Lipinski definition) is 1. The van der Waals surface area contributed by atoms with Gasteiger partial charge in [0.15, 0.2) is 11.5 Å². The Morgan fingerprint density at radius 3 is 2.37 bits per heavy atom. The van der Waals surface area contributed by atoms with E-state index in [1.165, 1.54) is 42.5 Å². The number of amides is 1. The molecule has 1 heterocycles. The maximum Gasteiger partial charge on any atom is 0.255 e. The summed E-state index contributed by atoms with van der Waals surface area (Å²) < 4.78 is 39.2. The highest BCUT2D eigenvalue weighted by atomic mass is 35.5. The third-order valence-corrected chi connectivity index (χ3v) is 6.23. The van der Waals surface area contributed by atoms with E-state index in [1.807, 2.05) is 0 Å². The number of carbonyl (C=O) groups is 1. The van der Waals surface area contributed by atoms with E-state index >= 15 is 0 Å². The number of rotatable bonds is 5. The Balaban J connectivity index is 1.46. The predicted octanol–water partition coefficient (Wildman–Crippen LogP) is 5.37. The van der Waals surface area contributed by atoms with Gasteiger partial charge in [-0.05, 0) is 48.5 Å². The van der Waals surface area contributed by atoms with Crippen LogP contribution in [-0.4, -0.2) is 21.1 Å². The Kier molecular flexibility index (Phi) is 5.46. The monoisotopic (exact) mass is 463 g/mol. The van der Waals surface area contributed by atoms with Crippen LogP contribution in [0.1, 0.15) is 10.4 Å². The van der Waals surface area contributed by atoms with E-state index in [0.717, 1.165) is 0 Å². The average Bonchev–Trinajstić information content (AvgIpc) is 3.19. The summed E-state index contributed by atoms with van der Waals surface area (Å²) in [5.41, 5.74) is 0.960. The molecule has 154 valence electrons. The summed E-state index contributed by atoms with van der Waals surface area (Å²) in [4.78, 5) is 12.4. The molecule has 7 nitrogen and oxygen atoms in total. The van der Waals surface area contributed by atoms with Crippen molar-refractivity contribution in [3.05, 3.63) is 81.0 Å². The first kappa shape index (κ1) is 20.3. The standard InChI is InChI=1S/C20H13Cl2N2O5S/c21-16-7-4-14(10-17(16)22)24-30(26,27)15-5-2-13(3-6-15)23-20(25)12-1-8-18-19(9-12)29-11-28-18/h1-10H,11H2,(H,23,25)/q-1. The molecule has 1 amide bonds. The zero-order valence-corrected chi connectivity index (χ0v) is 17.5. The van der Waals surface area contributed by atoms with Gasteiger partial charge in [0, 0.05) is 11.3 Å². The van der Waals surface area contributed by atoms with Crippen LogP contribution in [0.15, 0.2) is 65.6 Å². The van der Waals surface area contributed by atoms with E-state index in [-0.39, 0.29) is 28.3 Å². The Bertz CT molecular complexity index is 1230. The van der Waals surface area contributed by atoms with E-state index in [2.05, 4.69) is 10.0 Å². The SMILES string of the molecule is O=C(Nc1ccc(S(=O)(=O)[N-]c2ccc(Cl)c(Cl)c2)cc1)c1ccc2c(c1)OCO2. The molecule has 0 atom stereocenters. The number of nitrogens with one attached hydrogen (secondary N) is 1. The molecule has 10 heteroatoms. The minimum absolute atomic E-state index is 0.0327. The number of benzene rings is 3. The summed E-state index contributed by atoms with van der Waals surface area (Å²) >= 11 is 11.7. The molecule has 0 saturated heterocycles. The normalized spacial score (nSPS) is 12.5. The lowest BCUT2D eigenvalue weighted by molar-refractivity contribution is 0.102. The summed E-state index contributed by atoms with van der Waals surface area (Å²) in [7, 11) is -3.97. The molecule has 0 radical (unpaired) electrons. The summed E-state index contributed by atoms with van der Waals surface area (Å²) in [6.45, 7) is 0.115. The molecule has 0 unspecified atom stereocenters. The summed E-state index contributed by atoms with van der Waals surface area (Å²) in [5.74, 6) is 0.698. The van der Waals surface area contributed by atoms with E-state index in [0.29, 0.717) is 27.8 Å². The highest BCUT2D eigenvalue weighted by Gasteiger charge is 2.16. The molecular weight excluding hydrogens is 451 g/mol. The van der Waals surface area contributed by atoms with E-state index in [4.69, 9.17) is 32.7 Å². The smallest absolute Gasteiger partial charge is 0.255 e. The molecular formula is C20H13Cl2N2O5S-. The van der Waals surface area contributed by atoms with Gasteiger partial charge < -0.3 is 19.5 Å². The van der Waals surface area contributed by atoms with Gasteiger partial charge in [-0.3, -0.25) is 4.79 Å². The largest absolute Gasteiger partial charge is 0.573 e. The van der Waals surface area contributed by atoms with Gasteiger partial charge in [-0.25, -0.2) is 8.42 Å². The van der Waals surface area contributed by atoms with Gasteiger partial charge in [0.1, 0.15) is 10.0 Å². The fourth-order valence-corrected chi connectivity index (χ4v) is 3.95. The van der Waals surface area contributed by atoms with Crippen molar-refractivity contribution in [2.45, 2.75) is 4.90 Å². The molecule has 3 aromatic carbocycles. The molecule has 4 rings (SSSR count). The van der Waals surface area contributed by atoms with Crippen LogP contribution < -0.4 is 14.8 Å². The molecule has 30 heavy (non-hydrogen) atoms. The molecule has 1 aliphatic heterocycles. The molecule has 0 aliphatic carbocycles. The third-order valence-electron chi connectivity index (χ3n) is 4.17. The maximum absolute atomic E-state index is 12.5. The van der Waals surface area contributed by atoms with Crippen molar-refractivity contribution in [3.8, 4) is 11.5 Å². The van der Waals surface area contributed by atoms with Gasteiger partial charge in [0.2, 0.25) is 6.79 Å². The molecule has 0 saturated carbocycles. The van der Waals surface area contributed by atoms with Gasteiger partial charge in [-0.15, -0.1) is 5.69 Å². The van der Waals surface area contributed by atoms with Crippen LogP contribution in [0.3, 0.4) is 0 Å². The Morgan fingerprint density at radius 2 is 1.63 bits per heavy atom. The quantitative estimate of drug-likeness (QED) is 0.548. The lowest BCUT2D eigenvalue weighted by Crippen LogP contribution is -2.11. The van der Waals surface area contributed by atoms with Gasteiger partial charge in [0.05, 0.1) is 14.9 Å². The van der Waals surface area contributed by atoms with Crippen molar-refractivity contribution in [3.63, 3.8) is 0 Å². The highest BCUT2D eigenvalue weighted by molar-refractivity contribution is 7.94. The zero-order chi connectivity index (χ0) is 21.3. The summed E-state index contributed by atoms with van der Waals surface area (Å²) in [6, 6.07) is 14.8. The number of anilines is 1.